The highest BCUT2D eigenvalue weighted by Gasteiger charge is 1.94. The molecule has 0 heterocycles. The maximum absolute atomic E-state index is 9.51. The zero-order chi connectivity index (χ0) is 11.4. The molecule has 0 radical (unpaired) electrons. The Kier molecular flexibility index (Phi) is 13.4. The van der Waals surface area contributed by atoms with E-state index >= 15 is 0 Å². The van der Waals surface area contributed by atoms with Crippen molar-refractivity contribution >= 4 is 6.29 Å². The van der Waals surface area contributed by atoms with Crippen LogP contribution < -0.4 is 0 Å². The summed E-state index contributed by atoms with van der Waals surface area (Å²) in [6.07, 6.45) is 0.574. The SMILES string of the molecule is CC(C#N)C=O.CCOC(C)OCC. The van der Waals surface area contributed by atoms with Crippen LogP contribution in [0.15, 0.2) is 0 Å². The lowest BCUT2D eigenvalue weighted by Crippen LogP contribution is -2.11. The van der Waals surface area contributed by atoms with E-state index in [2.05, 4.69) is 0 Å². The van der Waals surface area contributed by atoms with Crippen molar-refractivity contribution in [2.24, 2.45) is 5.92 Å². The predicted molar refractivity (Wildman–Crippen MR) is 53.6 cm³/mol. The second-order valence-electron chi connectivity index (χ2n) is 2.53. The van der Waals surface area contributed by atoms with Crippen LogP contribution in [0.4, 0.5) is 0 Å². The lowest BCUT2D eigenvalue weighted by molar-refractivity contribution is -0.123. The van der Waals surface area contributed by atoms with Crippen LogP contribution in [0, 0.1) is 17.2 Å². The van der Waals surface area contributed by atoms with E-state index in [-0.39, 0.29) is 6.29 Å². The first kappa shape index (κ1) is 15.5. The first-order chi connectivity index (χ1) is 6.62. The van der Waals surface area contributed by atoms with E-state index in [1.54, 1.807) is 13.0 Å². The maximum atomic E-state index is 9.51. The van der Waals surface area contributed by atoms with Crippen molar-refractivity contribution in [1.82, 2.24) is 0 Å². The van der Waals surface area contributed by atoms with Crippen LogP contribution in [0.2, 0.25) is 0 Å². The molecule has 0 aromatic carbocycles. The number of ether oxygens (including phenoxy) is 2. The van der Waals surface area contributed by atoms with Gasteiger partial charge in [-0.15, -0.1) is 0 Å². The van der Waals surface area contributed by atoms with Crippen molar-refractivity contribution in [1.29, 1.82) is 5.26 Å². The van der Waals surface area contributed by atoms with Crippen LogP contribution in [-0.4, -0.2) is 25.8 Å². The van der Waals surface area contributed by atoms with Crippen LogP contribution >= 0.6 is 0 Å². The van der Waals surface area contributed by atoms with Crippen molar-refractivity contribution in [2.45, 2.75) is 34.0 Å². The number of carbonyl (C=O) groups excluding carboxylic acids is 1. The molecule has 1 unspecified atom stereocenters. The Morgan fingerprint density at radius 1 is 1.29 bits per heavy atom. The van der Waals surface area contributed by atoms with E-state index in [0.717, 1.165) is 13.2 Å². The average molecular weight is 201 g/mol. The minimum absolute atomic E-state index is 0.0370. The number of nitrogens with zero attached hydrogens (tertiary/aromatic N) is 1. The first-order valence-electron chi connectivity index (χ1n) is 4.70. The van der Waals surface area contributed by atoms with E-state index in [1.165, 1.54) is 0 Å². The van der Waals surface area contributed by atoms with E-state index < -0.39 is 5.92 Å². The molecule has 0 aromatic rings. The smallest absolute Gasteiger partial charge is 0.154 e. The van der Waals surface area contributed by atoms with E-state index in [9.17, 15) is 4.79 Å². The summed E-state index contributed by atoms with van der Waals surface area (Å²) in [5.41, 5.74) is 0. The number of aldehydes is 1. The molecule has 0 aliphatic carbocycles. The average Bonchev–Trinajstić information content (AvgIpc) is 2.18. The fraction of sp³-hybridized carbons (Fsp3) is 0.800. The molecule has 14 heavy (non-hydrogen) atoms. The minimum Gasteiger partial charge on any atom is -0.353 e. The third kappa shape index (κ3) is 13.7. The van der Waals surface area contributed by atoms with Crippen molar-refractivity contribution < 1.29 is 14.3 Å². The molecule has 4 nitrogen and oxygen atoms in total. The molecular formula is C10H19NO3. The van der Waals surface area contributed by atoms with Crippen molar-refractivity contribution in [3.63, 3.8) is 0 Å². The molecule has 0 aliphatic heterocycles. The first-order valence-corrected chi connectivity index (χ1v) is 4.70. The molecule has 1 atom stereocenters. The topological polar surface area (TPSA) is 59.3 Å². The number of carbonyl (C=O) groups is 1. The van der Waals surface area contributed by atoms with Crippen LogP contribution in [0.25, 0.3) is 0 Å². The highest BCUT2D eigenvalue weighted by molar-refractivity contribution is 5.56. The van der Waals surface area contributed by atoms with Gasteiger partial charge in [-0.2, -0.15) is 5.26 Å². The van der Waals surface area contributed by atoms with Crippen LogP contribution in [-0.2, 0) is 14.3 Å². The lowest BCUT2D eigenvalue weighted by Gasteiger charge is -2.09. The largest absolute Gasteiger partial charge is 0.353 e. The molecular weight excluding hydrogens is 182 g/mol. The van der Waals surface area contributed by atoms with E-state index in [1.807, 2.05) is 20.8 Å². The highest BCUT2D eigenvalue weighted by atomic mass is 16.7. The molecule has 0 rings (SSSR count). The monoisotopic (exact) mass is 201 g/mol. The Morgan fingerprint density at radius 2 is 1.71 bits per heavy atom. The molecule has 0 spiro atoms. The Hall–Kier alpha value is -0.920. The lowest BCUT2D eigenvalue weighted by atomic mass is 10.2. The molecule has 4 heteroatoms. The van der Waals surface area contributed by atoms with Gasteiger partial charge in [0.25, 0.3) is 0 Å². The number of nitriles is 1. The van der Waals surface area contributed by atoms with E-state index in [0.29, 0.717) is 6.29 Å². The van der Waals surface area contributed by atoms with Crippen LogP contribution in [0.1, 0.15) is 27.7 Å². The molecule has 82 valence electrons. The second kappa shape index (κ2) is 12.1. The van der Waals surface area contributed by atoms with Gasteiger partial charge in [0, 0.05) is 13.2 Å². The van der Waals surface area contributed by atoms with Gasteiger partial charge in [-0.1, -0.05) is 0 Å². The fourth-order valence-electron chi connectivity index (χ4n) is 0.548. The Bertz CT molecular complexity index is 159. The Labute approximate surface area is 85.8 Å². The summed E-state index contributed by atoms with van der Waals surface area (Å²) >= 11 is 0. The number of hydrogen-bond acceptors (Lipinski definition) is 4. The van der Waals surface area contributed by atoms with Crippen molar-refractivity contribution in [3.8, 4) is 6.07 Å². The van der Waals surface area contributed by atoms with Gasteiger partial charge in [-0.05, 0) is 27.7 Å². The molecule has 0 aromatic heterocycles. The minimum atomic E-state index is -0.440. The third-order valence-corrected chi connectivity index (χ3v) is 1.21. The molecule has 0 saturated carbocycles. The molecule has 0 bridgehead atoms. The standard InChI is InChI=1S/C6H14O2.C4H5NO/c1-4-7-6(3)8-5-2;1-4(2-5)3-6/h6H,4-5H2,1-3H3;3-4H,1H3. The molecule has 0 saturated heterocycles. The zero-order valence-corrected chi connectivity index (χ0v) is 9.32. The Morgan fingerprint density at radius 3 is 1.86 bits per heavy atom. The maximum Gasteiger partial charge on any atom is 0.154 e. The number of hydrogen-bond donors (Lipinski definition) is 0. The summed E-state index contributed by atoms with van der Waals surface area (Å²) in [6.45, 7) is 8.80. The van der Waals surface area contributed by atoms with Gasteiger partial charge in [0.15, 0.2) is 6.29 Å². The van der Waals surface area contributed by atoms with Gasteiger partial charge in [0.1, 0.15) is 6.29 Å². The van der Waals surface area contributed by atoms with Crippen LogP contribution in [0.5, 0.6) is 0 Å². The second-order valence-corrected chi connectivity index (χ2v) is 2.53. The normalized spacial score (nSPS) is 11.1. The predicted octanol–water partition coefficient (Wildman–Crippen LogP) is 1.75. The molecule has 0 aliphatic rings. The van der Waals surface area contributed by atoms with E-state index in [4.69, 9.17) is 14.7 Å². The summed E-state index contributed by atoms with van der Waals surface area (Å²) in [5.74, 6) is -0.440. The molecule has 0 N–H and O–H groups in total. The summed E-state index contributed by atoms with van der Waals surface area (Å²) in [5, 5.41) is 7.85. The van der Waals surface area contributed by atoms with Crippen molar-refractivity contribution in [3.05, 3.63) is 0 Å². The number of rotatable bonds is 5. The third-order valence-electron chi connectivity index (χ3n) is 1.21. The summed E-state index contributed by atoms with van der Waals surface area (Å²) in [7, 11) is 0. The summed E-state index contributed by atoms with van der Waals surface area (Å²) in [4.78, 5) is 9.51. The van der Waals surface area contributed by atoms with Gasteiger partial charge in [-0.25, -0.2) is 0 Å². The zero-order valence-electron chi connectivity index (χ0n) is 9.32. The van der Waals surface area contributed by atoms with Gasteiger partial charge in [-0.3, -0.25) is 0 Å². The quantitative estimate of drug-likeness (QED) is 0.502. The van der Waals surface area contributed by atoms with Crippen molar-refractivity contribution in [2.75, 3.05) is 13.2 Å². The van der Waals surface area contributed by atoms with Gasteiger partial charge in [0.2, 0.25) is 0 Å². The summed E-state index contributed by atoms with van der Waals surface area (Å²) < 4.78 is 10.1. The van der Waals surface area contributed by atoms with Crippen LogP contribution in [0.3, 0.4) is 0 Å². The molecule has 0 fully saturated rings. The van der Waals surface area contributed by atoms with Gasteiger partial charge in [0.05, 0.1) is 12.0 Å². The Balaban J connectivity index is 0. The molecule has 0 amide bonds. The summed E-state index contributed by atoms with van der Waals surface area (Å²) in [6, 6.07) is 1.75. The fourth-order valence-corrected chi connectivity index (χ4v) is 0.548. The van der Waals surface area contributed by atoms with Gasteiger partial charge >= 0.3 is 0 Å². The highest BCUT2D eigenvalue weighted by Crippen LogP contribution is 1.90. The van der Waals surface area contributed by atoms with Gasteiger partial charge < -0.3 is 14.3 Å².